The van der Waals surface area contributed by atoms with Crippen LogP contribution in [0.25, 0.3) is 0 Å². The smallest absolute Gasteiger partial charge is 0.0187 e. The maximum absolute atomic E-state index is 3.88. The first-order valence-corrected chi connectivity index (χ1v) is 3.86. The summed E-state index contributed by atoms with van der Waals surface area (Å²) in [5, 5.41) is 0. The average molecular weight is 139 g/mol. The van der Waals surface area contributed by atoms with Gasteiger partial charge in [-0.3, -0.25) is 4.90 Å². The quantitative estimate of drug-likeness (QED) is 0.528. The maximum Gasteiger partial charge on any atom is 0.0187 e. The summed E-state index contributed by atoms with van der Waals surface area (Å²) in [6, 6.07) is 0. The highest BCUT2D eigenvalue weighted by Gasteiger charge is 2.33. The third-order valence-corrected chi connectivity index (χ3v) is 1.80. The fourth-order valence-corrected chi connectivity index (χ4v) is 1.66. The first-order chi connectivity index (χ1) is 4.49. The Bertz CT molecular complexity index is 139. The van der Waals surface area contributed by atoms with Crippen molar-refractivity contribution in [3.8, 4) is 0 Å². The van der Waals surface area contributed by atoms with Crippen molar-refractivity contribution in [1.82, 2.24) is 4.90 Å². The topological polar surface area (TPSA) is 3.24 Å². The summed E-state index contributed by atoms with van der Waals surface area (Å²) in [5.74, 6) is 0. The second kappa shape index (κ2) is 2.39. The van der Waals surface area contributed by atoms with Crippen molar-refractivity contribution in [2.75, 3.05) is 19.6 Å². The molecule has 1 aliphatic heterocycles. The predicted octanol–water partition coefficient (Wildman–Crippen LogP) is 1.90. The van der Waals surface area contributed by atoms with Crippen LogP contribution in [0.4, 0.5) is 0 Å². The van der Waals surface area contributed by atoms with Crippen molar-refractivity contribution in [1.29, 1.82) is 0 Å². The molecule has 0 aromatic carbocycles. The highest BCUT2D eigenvalue weighted by atomic mass is 15.2. The monoisotopic (exact) mass is 139 g/mol. The molecule has 1 rings (SSSR count). The van der Waals surface area contributed by atoms with Gasteiger partial charge in [-0.1, -0.05) is 26.0 Å². The van der Waals surface area contributed by atoms with Crippen molar-refractivity contribution in [2.45, 2.75) is 20.8 Å². The summed E-state index contributed by atoms with van der Waals surface area (Å²) >= 11 is 0. The van der Waals surface area contributed by atoms with Gasteiger partial charge in [-0.05, 0) is 12.3 Å². The zero-order valence-corrected chi connectivity index (χ0v) is 7.28. The number of rotatable bonds is 2. The Morgan fingerprint density at radius 2 is 2.00 bits per heavy atom. The number of hydrogen-bond acceptors (Lipinski definition) is 1. The minimum Gasteiger partial charge on any atom is -0.298 e. The van der Waals surface area contributed by atoms with E-state index in [9.17, 15) is 0 Å². The van der Waals surface area contributed by atoms with Gasteiger partial charge in [0.2, 0.25) is 0 Å². The fourth-order valence-electron chi connectivity index (χ4n) is 1.66. The van der Waals surface area contributed by atoms with E-state index in [-0.39, 0.29) is 0 Å². The van der Waals surface area contributed by atoms with Gasteiger partial charge < -0.3 is 0 Å². The second-order valence-corrected chi connectivity index (χ2v) is 4.27. The molecule has 0 aromatic rings. The van der Waals surface area contributed by atoms with Crippen molar-refractivity contribution >= 4 is 0 Å². The van der Waals surface area contributed by atoms with Crippen LogP contribution < -0.4 is 0 Å². The normalized spacial score (nSPS) is 23.9. The Hall–Kier alpha value is -0.300. The molecule has 0 bridgehead atoms. The molecule has 1 fully saturated rings. The maximum atomic E-state index is 3.88. The van der Waals surface area contributed by atoms with Crippen molar-refractivity contribution in [3.63, 3.8) is 0 Å². The molecular formula is C9H17N. The summed E-state index contributed by atoms with van der Waals surface area (Å²) in [4.78, 5) is 2.43. The van der Waals surface area contributed by atoms with E-state index in [1.807, 2.05) is 0 Å². The van der Waals surface area contributed by atoms with Crippen LogP contribution in [0.5, 0.6) is 0 Å². The Labute approximate surface area is 63.7 Å². The zero-order chi connectivity index (χ0) is 7.78. The minimum atomic E-state index is 0.565. The van der Waals surface area contributed by atoms with Gasteiger partial charge in [-0.15, -0.1) is 0 Å². The van der Waals surface area contributed by atoms with Crippen LogP contribution in [0.15, 0.2) is 12.2 Å². The lowest BCUT2D eigenvalue weighted by Crippen LogP contribution is -2.53. The van der Waals surface area contributed by atoms with Crippen LogP contribution in [0.1, 0.15) is 20.8 Å². The van der Waals surface area contributed by atoms with Gasteiger partial charge >= 0.3 is 0 Å². The summed E-state index contributed by atoms with van der Waals surface area (Å²) < 4.78 is 0. The van der Waals surface area contributed by atoms with Gasteiger partial charge in [0.1, 0.15) is 0 Å². The Morgan fingerprint density at radius 3 is 2.30 bits per heavy atom. The van der Waals surface area contributed by atoms with Gasteiger partial charge in [-0.25, -0.2) is 0 Å². The highest BCUT2D eigenvalue weighted by Crippen LogP contribution is 2.28. The van der Waals surface area contributed by atoms with Gasteiger partial charge in [0.05, 0.1) is 0 Å². The standard InChI is InChI=1S/C9H17N/c1-8(2)5-10-6-9(3,4)7-10/h1,5-7H2,2-4H3. The number of likely N-dealkylation sites (tertiary alicyclic amines) is 1. The molecule has 1 nitrogen and oxygen atoms in total. The molecule has 10 heavy (non-hydrogen) atoms. The summed E-state index contributed by atoms with van der Waals surface area (Å²) in [7, 11) is 0. The zero-order valence-electron chi connectivity index (χ0n) is 7.28. The van der Waals surface area contributed by atoms with Gasteiger partial charge in [-0.2, -0.15) is 0 Å². The lowest BCUT2D eigenvalue weighted by molar-refractivity contribution is 0.0402. The van der Waals surface area contributed by atoms with Crippen molar-refractivity contribution in [3.05, 3.63) is 12.2 Å². The number of hydrogen-bond donors (Lipinski definition) is 0. The van der Waals surface area contributed by atoms with Crippen LogP contribution in [0.2, 0.25) is 0 Å². The van der Waals surface area contributed by atoms with E-state index < -0.39 is 0 Å². The molecule has 0 aliphatic carbocycles. The lowest BCUT2D eigenvalue weighted by Gasteiger charge is -2.46. The Balaban J connectivity index is 2.21. The largest absolute Gasteiger partial charge is 0.298 e. The summed E-state index contributed by atoms with van der Waals surface area (Å²) in [5.41, 5.74) is 1.84. The molecule has 58 valence electrons. The van der Waals surface area contributed by atoms with E-state index in [1.54, 1.807) is 0 Å². The predicted molar refractivity (Wildman–Crippen MR) is 45.0 cm³/mol. The molecule has 0 spiro atoms. The van der Waals surface area contributed by atoms with Crippen LogP contribution in [0.3, 0.4) is 0 Å². The van der Waals surface area contributed by atoms with Gasteiger partial charge in [0.25, 0.3) is 0 Å². The van der Waals surface area contributed by atoms with Crippen LogP contribution in [-0.4, -0.2) is 24.5 Å². The summed E-state index contributed by atoms with van der Waals surface area (Å²) in [6.45, 7) is 14.1. The molecule has 1 heterocycles. The molecule has 0 N–H and O–H groups in total. The first kappa shape index (κ1) is 7.80. The average Bonchev–Trinajstić information content (AvgIpc) is 1.57. The molecular weight excluding hydrogens is 122 g/mol. The summed E-state index contributed by atoms with van der Waals surface area (Å²) in [6.07, 6.45) is 0. The van der Waals surface area contributed by atoms with E-state index in [0.29, 0.717) is 5.41 Å². The van der Waals surface area contributed by atoms with E-state index in [1.165, 1.54) is 18.7 Å². The SMILES string of the molecule is C=C(C)CN1CC(C)(C)C1. The minimum absolute atomic E-state index is 0.565. The molecule has 0 unspecified atom stereocenters. The number of nitrogens with zero attached hydrogens (tertiary/aromatic N) is 1. The molecule has 1 saturated heterocycles. The molecule has 0 saturated carbocycles. The third-order valence-electron chi connectivity index (χ3n) is 1.80. The molecule has 1 aliphatic rings. The van der Waals surface area contributed by atoms with Crippen LogP contribution in [0, 0.1) is 5.41 Å². The second-order valence-electron chi connectivity index (χ2n) is 4.27. The molecule has 0 aromatic heterocycles. The highest BCUT2D eigenvalue weighted by molar-refractivity contribution is 4.98. The van der Waals surface area contributed by atoms with Crippen molar-refractivity contribution < 1.29 is 0 Å². The molecule has 1 heteroatoms. The molecule has 0 atom stereocenters. The molecule has 0 amide bonds. The Kier molecular flexibility index (Phi) is 1.86. The van der Waals surface area contributed by atoms with E-state index in [4.69, 9.17) is 0 Å². The fraction of sp³-hybridized carbons (Fsp3) is 0.778. The van der Waals surface area contributed by atoms with E-state index in [2.05, 4.69) is 32.3 Å². The van der Waals surface area contributed by atoms with E-state index in [0.717, 1.165) is 6.54 Å². The van der Waals surface area contributed by atoms with Crippen molar-refractivity contribution in [2.24, 2.45) is 5.41 Å². The molecule has 0 radical (unpaired) electrons. The van der Waals surface area contributed by atoms with E-state index >= 15 is 0 Å². The Morgan fingerprint density at radius 1 is 1.50 bits per heavy atom. The van der Waals surface area contributed by atoms with Gasteiger partial charge in [0.15, 0.2) is 0 Å². The van der Waals surface area contributed by atoms with Crippen LogP contribution in [-0.2, 0) is 0 Å². The van der Waals surface area contributed by atoms with Crippen LogP contribution >= 0.6 is 0 Å². The van der Waals surface area contributed by atoms with Gasteiger partial charge in [0, 0.05) is 19.6 Å². The lowest BCUT2D eigenvalue weighted by atomic mass is 9.84. The third kappa shape index (κ3) is 1.84. The first-order valence-electron chi connectivity index (χ1n) is 3.86.